The minimum Gasteiger partial charge on any atom is -0.388 e. The van der Waals surface area contributed by atoms with Gasteiger partial charge in [-0.2, -0.15) is 0 Å². The SMILES string of the molecule is Cc1ccc(C(O)C2CCCC(C)C2)c(C)n1. The second-order valence-electron chi connectivity index (χ2n) is 5.60. The predicted octanol–water partition coefficient (Wildman–Crippen LogP) is 3.56. The molecular weight excluding hydrogens is 210 g/mol. The molecule has 2 heteroatoms. The van der Waals surface area contributed by atoms with Crippen LogP contribution in [0.4, 0.5) is 0 Å². The second kappa shape index (κ2) is 5.18. The lowest BCUT2D eigenvalue weighted by Gasteiger charge is -2.31. The molecule has 1 N–H and O–H groups in total. The van der Waals surface area contributed by atoms with Gasteiger partial charge in [0.05, 0.1) is 6.10 Å². The molecule has 3 atom stereocenters. The number of aromatic nitrogens is 1. The van der Waals surface area contributed by atoms with Crippen molar-refractivity contribution in [2.45, 2.75) is 52.6 Å². The molecule has 0 spiro atoms. The van der Waals surface area contributed by atoms with Crippen molar-refractivity contribution in [1.29, 1.82) is 0 Å². The topological polar surface area (TPSA) is 33.1 Å². The summed E-state index contributed by atoms with van der Waals surface area (Å²) in [6, 6.07) is 4.04. The van der Waals surface area contributed by atoms with Gasteiger partial charge in [-0.05, 0) is 44.6 Å². The quantitative estimate of drug-likeness (QED) is 0.847. The van der Waals surface area contributed by atoms with Crippen LogP contribution < -0.4 is 0 Å². The van der Waals surface area contributed by atoms with Crippen LogP contribution in [0.25, 0.3) is 0 Å². The van der Waals surface area contributed by atoms with Gasteiger partial charge in [0.25, 0.3) is 0 Å². The van der Waals surface area contributed by atoms with Gasteiger partial charge in [0, 0.05) is 17.0 Å². The van der Waals surface area contributed by atoms with E-state index in [4.69, 9.17) is 0 Å². The van der Waals surface area contributed by atoms with E-state index in [2.05, 4.69) is 11.9 Å². The Morgan fingerprint density at radius 3 is 2.71 bits per heavy atom. The molecular formula is C15H23NO. The first kappa shape index (κ1) is 12.6. The van der Waals surface area contributed by atoms with E-state index in [-0.39, 0.29) is 6.10 Å². The van der Waals surface area contributed by atoms with Crippen LogP contribution in [0.3, 0.4) is 0 Å². The first-order valence-electron chi connectivity index (χ1n) is 6.70. The molecule has 1 saturated carbocycles. The standard InChI is InChI=1S/C15H23NO/c1-10-5-4-6-13(9-10)15(17)14-8-7-11(2)16-12(14)3/h7-8,10,13,15,17H,4-6,9H2,1-3H3. The second-order valence-corrected chi connectivity index (χ2v) is 5.60. The molecule has 3 unspecified atom stereocenters. The van der Waals surface area contributed by atoms with Crippen molar-refractivity contribution in [3.8, 4) is 0 Å². The van der Waals surface area contributed by atoms with Crippen molar-refractivity contribution >= 4 is 0 Å². The van der Waals surface area contributed by atoms with Gasteiger partial charge in [-0.15, -0.1) is 0 Å². The fourth-order valence-corrected chi connectivity index (χ4v) is 3.03. The highest BCUT2D eigenvalue weighted by Crippen LogP contribution is 2.37. The van der Waals surface area contributed by atoms with Crippen molar-refractivity contribution in [3.63, 3.8) is 0 Å². The van der Waals surface area contributed by atoms with Crippen LogP contribution in [0.1, 0.15) is 55.7 Å². The molecule has 1 heterocycles. The fourth-order valence-electron chi connectivity index (χ4n) is 3.03. The Hall–Kier alpha value is -0.890. The largest absolute Gasteiger partial charge is 0.388 e. The molecule has 94 valence electrons. The summed E-state index contributed by atoms with van der Waals surface area (Å²) in [5.41, 5.74) is 3.03. The molecule has 0 saturated heterocycles. The molecule has 1 aromatic heterocycles. The summed E-state index contributed by atoms with van der Waals surface area (Å²) in [4.78, 5) is 4.45. The maximum atomic E-state index is 10.5. The summed E-state index contributed by atoms with van der Waals surface area (Å²) in [5.74, 6) is 1.17. The summed E-state index contributed by atoms with van der Waals surface area (Å²) in [6.45, 7) is 6.28. The minimum atomic E-state index is -0.328. The van der Waals surface area contributed by atoms with E-state index in [0.29, 0.717) is 5.92 Å². The zero-order valence-corrected chi connectivity index (χ0v) is 11.1. The highest BCUT2D eigenvalue weighted by Gasteiger charge is 2.27. The van der Waals surface area contributed by atoms with Crippen LogP contribution >= 0.6 is 0 Å². The lowest BCUT2D eigenvalue weighted by atomic mass is 9.77. The number of hydrogen-bond acceptors (Lipinski definition) is 2. The van der Waals surface area contributed by atoms with Gasteiger partial charge in [0.2, 0.25) is 0 Å². The van der Waals surface area contributed by atoms with Crippen LogP contribution in [-0.4, -0.2) is 10.1 Å². The van der Waals surface area contributed by atoms with Crippen molar-refractivity contribution in [1.82, 2.24) is 4.98 Å². The van der Waals surface area contributed by atoms with Crippen molar-refractivity contribution in [3.05, 3.63) is 29.1 Å². The van der Waals surface area contributed by atoms with Crippen LogP contribution in [0.15, 0.2) is 12.1 Å². The maximum Gasteiger partial charge on any atom is 0.0835 e. The summed E-state index contributed by atoms with van der Waals surface area (Å²) in [6.07, 6.45) is 4.54. The lowest BCUT2D eigenvalue weighted by molar-refractivity contribution is 0.0706. The molecule has 17 heavy (non-hydrogen) atoms. The average molecular weight is 233 g/mol. The van der Waals surface area contributed by atoms with E-state index in [9.17, 15) is 5.11 Å². The van der Waals surface area contributed by atoms with Gasteiger partial charge in [0.15, 0.2) is 0 Å². The first-order valence-corrected chi connectivity index (χ1v) is 6.70. The van der Waals surface area contributed by atoms with Gasteiger partial charge in [0.1, 0.15) is 0 Å². The Bertz CT molecular complexity index is 389. The first-order chi connectivity index (χ1) is 8.08. The van der Waals surface area contributed by atoms with E-state index in [0.717, 1.165) is 35.7 Å². The van der Waals surface area contributed by atoms with Crippen molar-refractivity contribution < 1.29 is 5.11 Å². The predicted molar refractivity (Wildman–Crippen MR) is 69.8 cm³/mol. The van der Waals surface area contributed by atoms with E-state index >= 15 is 0 Å². The summed E-state index contributed by atoms with van der Waals surface area (Å²) >= 11 is 0. The molecule has 0 aromatic carbocycles. The number of rotatable bonds is 2. The molecule has 0 radical (unpaired) electrons. The average Bonchev–Trinajstić information content (AvgIpc) is 2.28. The maximum absolute atomic E-state index is 10.5. The summed E-state index contributed by atoms with van der Waals surface area (Å²) in [5, 5.41) is 10.5. The Balaban J connectivity index is 2.15. The summed E-state index contributed by atoms with van der Waals surface area (Å²) in [7, 11) is 0. The Kier molecular flexibility index (Phi) is 3.82. The molecule has 2 rings (SSSR count). The normalized spacial score (nSPS) is 26.8. The monoisotopic (exact) mass is 233 g/mol. The Morgan fingerprint density at radius 2 is 2.06 bits per heavy atom. The van der Waals surface area contributed by atoms with Crippen LogP contribution in [0, 0.1) is 25.7 Å². The number of aryl methyl sites for hydroxylation is 2. The number of aliphatic hydroxyl groups excluding tert-OH is 1. The summed E-state index contributed by atoms with van der Waals surface area (Å²) < 4.78 is 0. The van der Waals surface area contributed by atoms with Crippen molar-refractivity contribution in [2.24, 2.45) is 11.8 Å². The lowest BCUT2D eigenvalue weighted by Crippen LogP contribution is -2.21. The number of nitrogens with zero attached hydrogens (tertiary/aromatic N) is 1. The van der Waals surface area contributed by atoms with Crippen LogP contribution in [0.2, 0.25) is 0 Å². The molecule has 1 fully saturated rings. The number of hydrogen-bond donors (Lipinski definition) is 1. The van der Waals surface area contributed by atoms with Crippen LogP contribution in [-0.2, 0) is 0 Å². The molecule has 1 aliphatic carbocycles. The molecule has 0 amide bonds. The molecule has 1 aromatic rings. The van der Waals surface area contributed by atoms with E-state index in [1.54, 1.807) is 0 Å². The number of pyridine rings is 1. The molecule has 0 bridgehead atoms. The van der Waals surface area contributed by atoms with Crippen LogP contribution in [0.5, 0.6) is 0 Å². The zero-order valence-electron chi connectivity index (χ0n) is 11.1. The third kappa shape index (κ3) is 2.86. The van der Waals surface area contributed by atoms with E-state index in [1.165, 1.54) is 12.8 Å². The van der Waals surface area contributed by atoms with E-state index in [1.807, 2.05) is 26.0 Å². The van der Waals surface area contributed by atoms with Gasteiger partial charge < -0.3 is 5.11 Å². The van der Waals surface area contributed by atoms with Gasteiger partial charge >= 0.3 is 0 Å². The van der Waals surface area contributed by atoms with Gasteiger partial charge in [-0.3, -0.25) is 4.98 Å². The highest BCUT2D eigenvalue weighted by molar-refractivity contribution is 5.24. The van der Waals surface area contributed by atoms with Gasteiger partial charge in [-0.1, -0.05) is 25.8 Å². The fraction of sp³-hybridized carbons (Fsp3) is 0.667. The Morgan fingerprint density at radius 1 is 1.29 bits per heavy atom. The highest BCUT2D eigenvalue weighted by atomic mass is 16.3. The van der Waals surface area contributed by atoms with E-state index < -0.39 is 0 Å². The van der Waals surface area contributed by atoms with Gasteiger partial charge in [-0.25, -0.2) is 0 Å². The third-order valence-corrected chi connectivity index (χ3v) is 4.01. The smallest absolute Gasteiger partial charge is 0.0835 e. The third-order valence-electron chi connectivity index (χ3n) is 4.01. The Labute approximate surface area is 104 Å². The zero-order chi connectivity index (χ0) is 12.4. The molecule has 2 nitrogen and oxygen atoms in total. The molecule has 0 aliphatic heterocycles. The minimum absolute atomic E-state index is 0.328. The van der Waals surface area contributed by atoms with Crippen molar-refractivity contribution in [2.75, 3.05) is 0 Å². The molecule has 1 aliphatic rings. The number of aliphatic hydroxyl groups is 1.